The quantitative estimate of drug-likeness (QED) is 0.189. The second-order valence-corrected chi connectivity index (χ2v) is 6.47. The van der Waals surface area contributed by atoms with Crippen molar-refractivity contribution in [3.8, 4) is 5.75 Å². The normalized spacial score (nSPS) is 10.7. The number of nitrogens with zero attached hydrogens (tertiary/aromatic N) is 1. The number of carbonyl (C=O) groups is 1. The Morgan fingerprint density at radius 2 is 1.80 bits per heavy atom. The Labute approximate surface area is 195 Å². The van der Waals surface area contributed by atoms with Gasteiger partial charge in [-0.05, 0) is 36.2 Å². The van der Waals surface area contributed by atoms with Crippen molar-refractivity contribution in [2.45, 2.75) is 19.8 Å². The van der Waals surface area contributed by atoms with Gasteiger partial charge in [0, 0.05) is 58.1 Å². The van der Waals surface area contributed by atoms with E-state index in [0.717, 1.165) is 36.5 Å². The van der Waals surface area contributed by atoms with Crippen LogP contribution in [0.15, 0.2) is 53.5 Å². The van der Waals surface area contributed by atoms with E-state index in [1.165, 1.54) is 12.5 Å². The summed E-state index contributed by atoms with van der Waals surface area (Å²) >= 11 is 0. The number of carbonyl (C=O) groups excluding carboxylic acids is 1. The summed E-state index contributed by atoms with van der Waals surface area (Å²) in [7, 11) is 3.42. The van der Waals surface area contributed by atoms with Crippen LogP contribution in [0.2, 0.25) is 0 Å². The van der Waals surface area contributed by atoms with E-state index in [1.807, 2.05) is 48.5 Å². The van der Waals surface area contributed by atoms with Crippen molar-refractivity contribution in [3.63, 3.8) is 0 Å². The number of benzene rings is 2. The van der Waals surface area contributed by atoms with E-state index in [4.69, 9.17) is 9.47 Å². The maximum Gasteiger partial charge on any atom is 0.221 e. The lowest BCUT2D eigenvalue weighted by Crippen LogP contribution is -2.32. The summed E-state index contributed by atoms with van der Waals surface area (Å²) < 4.78 is 10.8. The minimum Gasteiger partial charge on any atom is -0.493 e. The molecule has 0 saturated heterocycles. The Kier molecular flexibility index (Phi) is 12.5. The van der Waals surface area contributed by atoms with Crippen molar-refractivity contribution >= 4 is 47.2 Å². The number of nitrogens with one attached hydrogen (secondary N) is 3. The summed E-state index contributed by atoms with van der Waals surface area (Å²) in [5.74, 6) is 1.43. The van der Waals surface area contributed by atoms with Gasteiger partial charge in [0.2, 0.25) is 5.91 Å². The summed E-state index contributed by atoms with van der Waals surface area (Å²) in [5, 5.41) is 9.34. The zero-order chi connectivity index (χ0) is 20.9. The van der Waals surface area contributed by atoms with Crippen LogP contribution in [0.5, 0.6) is 5.75 Å². The Morgan fingerprint density at radius 1 is 1.03 bits per heavy atom. The maximum absolute atomic E-state index is 11.1. The van der Waals surface area contributed by atoms with Crippen molar-refractivity contribution < 1.29 is 14.3 Å². The molecular weight excluding hydrogens is 495 g/mol. The van der Waals surface area contributed by atoms with Crippen LogP contribution in [-0.4, -0.2) is 45.8 Å². The molecule has 2 aromatic carbocycles. The van der Waals surface area contributed by atoms with E-state index in [0.29, 0.717) is 19.2 Å². The third kappa shape index (κ3) is 9.93. The third-order valence-corrected chi connectivity index (χ3v) is 4.06. The van der Waals surface area contributed by atoms with Gasteiger partial charge in [0.1, 0.15) is 5.75 Å². The number of hydrogen-bond donors (Lipinski definition) is 3. The summed E-state index contributed by atoms with van der Waals surface area (Å²) in [6.07, 6.45) is 1.69. The highest BCUT2D eigenvalue weighted by atomic mass is 127. The highest BCUT2D eigenvalue weighted by Crippen LogP contribution is 2.17. The summed E-state index contributed by atoms with van der Waals surface area (Å²) in [6, 6.07) is 15.6. The molecule has 0 bridgehead atoms. The van der Waals surface area contributed by atoms with Crippen LogP contribution in [0.25, 0.3) is 0 Å². The molecule has 0 saturated carbocycles. The first kappa shape index (κ1) is 25.7. The average molecular weight is 526 g/mol. The van der Waals surface area contributed by atoms with Gasteiger partial charge >= 0.3 is 0 Å². The predicted molar refractivity (Wildman–Crippen MR) is 133 cm³/mol. The molecule has 0 unspecified atom stereocenters. The fraction of sp³-hybridized carbons (Fsp3) is 0.364. The van der Waals surface area contributed by atoms with Gasteiger partial charge in [-0.2, -0.15) is 0 Å². The molecular formula is C22H31IN4O3. The van der Waals surface area contributed by atoms with E-state index in [9.17, 15) is 4.79 Å². The molecule has 0 heterocycles. The predicted octanol–water partition coefficient (Wildman–Crippen LogP) is 3.91. The SMILES string of the molecule is CN=C(NCCc1ccc(NC(C)=O)cc1)Nc1cccc(OCCCOC)c1.I. The number of methoxy groups -OCH3 is 1. The second kappa shape index (κ2) is 14.6. The number of ether oxygens (including phenoxy) is 2. The van der Waals surface area contributed by atoms with Gasteiger partial charge < -0.3 is 25.4 Å². The smallest absolute Gasteiger partial charge is 0.221 e. The number of anilines is 2. The molecule has 2 aromatic rings. The van der Waals surface area contributed by atoms with Crippen molar-refractivity contribution in [2.75, 3.05) is 44.5 Å². The van der Waals surface area contributed by atoms with E-state index < -0.39 is 0 Å². The molecule has 7 nitrogen and oxygen atoms in total. The number of amides is 1. The molecule has 2 rings (SSSR count). The van der Waals surface area contributed by atoms with Crippen LogP contribution in [0.4, 0.5) is 11.4 Å². The van der Waals surface area contributed by atoms with Gasteiger partial charge in [-0.1, -0.05) is 18.2 Å². The van der Waals surface area contributed by atoms with Crippen molar-refractivity contribution in [2.24, 2.45) is 4.99 Å². The van der Waals surface area contributed by atoms with Crippen molar-refractivity contribution in [3.05, 3.63) is 54.1 Å². The zero-order valence-corrected chi connectivity index (χ0v) is 20.1. The molecule has 0 radical (unpaired) electrons. The number of rotatable bonds is 10. The third-order valence-electron chi connectivity index (χ3n) is 4.06. The maximum atomic E-state index is 11.1. The van der Waals surface area contributed by atoms with Crippen LogP contribution in [0.3, 0.4) is 0 Å². The van der Waals surface area contributed by atoms with E-state index in [-0.39, 0.29) is 29.9 Å². The fourth-order valence-corrected chi connectivity index (χ4v) is 2.66. The molecule has 164 valence electrons. The van der Waals surface area contributed by atoms with Crippen LogP contribution >= 0.6 is 24.0 Å². The van der Waals surface area contributed by atoms with E-state index >= 15 is 0 Å². The first-order chi connectivity index (χ1) is 14.1. The highest BCUT2D eigenvalue weighted by molar-refractivity contribution is 14.0. The molecule has 30 heavy (non-hydrogen) atoms. The van der Waals surface area contributed by atoms with Crippen LogP contribution in [0.1, 0.15) is 18.9 Å². The van der Waals surface area contributed by atoms with Gasteiger partial charge in [-0.25, -0.2) is 0 Å². The summed E-state index contributed by atoms with van der Waals surface area (Å²) in [6.45, 7) is 3.53. The van der Waals surface area contributed by atoms with Gasteiger partial charge in [0.25, 0.3) is 0 Å². The highest BCUT2D eigenvalue weighted by Gasteiger charge is 2.02. The van der Waals surface area contributed by atoms with Crippen molar-refractivity contribution in [1.29, 1.82) is 0 Å². The molecule has 0 atom stereocenters. The standard InChI is InChI=1S/C22H30N4O3.HI/c1-17(27)25-19-10-8-18(9-11-19)12-13-24-22(23-2)26-20-6-4-7-21(16-20)29-15-5-14-28-3;/h4,6-11,16H,5,12-15H2,1-3H3,(H,25,27)(H2,23,24,26);1H. The van der Waals surface area contributed by atoms with Gasteiger partial charge in [-0.3, -0.25) is 9.79 Å². The first-order valence-electron chi connectivity index (χ1n) is 9.66. The molecule has 8 heteroatoms. The number of guanidine groups is 1. The van der Waals surface area contributed by atoms with Gasteiger partial charge in [0.15, 0.2) is 5.96 Å². The van der Waals surface area contributed by atoms with E-state index in [1.54, 1.807) is 14.2 Å². The zero-order valence-electron chi connectivity index (χ0n) is 17.7. The first-order valence-corrected chi connectivity index (χ1v) is 9.66. The second-order valence-electron chi connectivity index (χ2n) is 6.47. The monoisotopic (exact) mass is 526 g/mol. The molecule has 0 aliphatic heterocycles. The Morgan fingerprint density at radius 3 is 2.47 bits per heavy atom. The lowest BCUT2D eigenvalue weighted by Gasteiger charge is -2.13. The molecule has 1 amide bonds. The summed E-state index contributed by atoms with van der Waals surface area (Å²) in [4.78, 5) is 15.3. The number of halogens is 1. The minimum atomic E-state index is -0.0706. The van der Waals surface area contributed by atoms with Gasteiger partial charge in [0.05, 0.1) is 6.61 Å². The Hall–Kier alpha value is -2.33. The van der Waals surface area contributed by atoms with Crippen molar-refractivity contribution in [1.82, 2.24) is 5.32 Å². The lowest BCUT2D eigenvalue weighted by atomic mass is 10.1. The molecule has 0 fully saturated rings. The van der Waals surface area contributed by atoms with Crippen LogP contribution in [0, 0.1) is 0 Å². The number of hydrogen-bond acceptors (Lipinski definition) is 4. The van der Waals surface area contributed by atoms with Crippen LogP contribution in [-0.2, 0) is 16.0 Å². The van der Waals surface area contributed by atoms with Gasteiger partial charge in [-0.15, -0.1) is 24.0 Å². The largest absolute Gasteiger partial charge is 0.493 e. The number of aliphatic imine (C=N–C) groups is 1. The summed E-state index contributed by atoms with van der Waals surface area (Å²) in [5.41, 5.74) is 2.88. The van der Waals surface area contributed by atoms with Crippen LogP contribution < -0.4 is 20.7 Å². The minimum absolute atomic E-state index is 0. The Bertz CT molecular complexity index is 797. The fourth-order valence-electron chi connectivity index (χ4n) is 2.66. The lowest BCUT2D eigenvalue weighted by molar-refractivity contribution is -0.114. The van der Waals surface area contributed by atoms with E-state index in [2.05, 4.69) is 20.9 Å². The topological polar surface area (TPSA) is 84.0 Å². The molecule has 0 aliphatic carbocycles. The molecule has 3 N–H and O–H groups in total. The Balaban J connectivity index is 0.00000450. The molecule has 0 spiro atoms. The molecule has 0 aromatic heterocycles. The molecule has 0 aliphatic rings. The average Bonchev–Trinajstić information content (AvgIpc) is 2.71.